The molecule has 0 saturated carbocycles. The number of amides is 1. The highest BCUT2D eigenvalue weighted by atomic mass is 16.1. The van der Waals surface area contributed by atoms with Crippen LogP contribution in [0.2, 0.25) is 0 Å². The maximum atomic E-state index is 11.2. The molecule has 2 rings (SSSR count). The van der Waals surface area contributed by atoms with E-state index < -0.39 is 5.91 Å². The van der Waals surface area contributed by atoms with Gasteiger partial charge < -0.3 is 16.4 Å². The van der Waals surface area contributed by atoms with Crippen molar-refractivity contribution in [2.24, 2.45) is 5.73 Å². The van der Waals surface area contributed by atoms with E-state index in [2.05, 4.69) is 30.6 Å². The van der Waals surface area contributed by atoms with E-state index in [0.717, 1.165) is 19.5 Å². The third-order valence-corrected chi connectivity index (χ3v) is 3.21. The molecule has 0 aromatic rings. The minimum absolute atomic E-state index is 0.248. The third-order valence-electron chi connectivity index (χ3n) is 3.21. The van der Waals surface area contributed by atoms with Crippen LogP contribution in [0, 0.1) is 0 Å². The van der Waals surface area contributed by atoms with Crippen molar-refractivity contribution in [3.05, 3.63) is 35.1 Å². The first-order valence-corrected chi connectivity index (χ1v) is 5.91. The van der Waals surface area contributed by atoms with E-state index in [9.17, 15) is 4.79 Å². The summed E-state index contributed by atoms with van der Waals surface area (Å²) in [7, 11) is 0. The quantitative estimate of drug-likeness (QED) is 0.653. The highest BCUT2D eigenvalue weighted by Gasteiger charge is 2.30. The molecule has 4 heteroatoms. The summed E-state index contributed by atoms with van der Waals surface area (Å²) in [5, 5.41) is 6.49. The lowest BCUT2D eigenvalue weighted by atomic mass is 9.83. The molecule has 2 aliphatic rings. The summed E-state index contributed by atoms with van der Waals surface area (Å²) in [4.78, 5) is 11.2. The fourth-order valence-corrected chi connectivity index (χ4v) is 2.34. The molecule has 0 aliphatic carbocycles. The van der Waals surface area contributed by atoms with Crippen LogP contribution in [0.1, 0.15) is 20.3 Å². The van der Waals surface area contributed by atoms with Gasteiger partial charge in [0.05, 0.1) is 5.54 Å². The van der Waals surface area contributed by atoms with Gasteiger partial charge in [0, 0.05) is 6.54 Å². The maximum absolute atomic E-state index is 11.2. The average molecular weight is 233 g/mol. The van der Waals surface area contributed by atoms with Gasteiger partial charge in [-0.2, -0.15) is 0 Å². The molecular weight excluding hydrogens is 214 g/mol. The molecule has 4 N–H and O–H groups in total. The molecule has 2 heterocycles. The summed E-state index contributed by atoms with van der Waals surface area (Å²) in [5.41, 5.74) is 8.11. The van der Waals surface area contributed by atoms with Crippen molar-refractivity contribution in [2.45, 2.75) is 25.8 Å². The van der Waals surface area contributed by atoms with Crippen LogP contribution in [-0.2, 0) is 4.79 Å². The number of carbonyl (C=O) groups excluding carboxylic acids is 1. The van der Waals surface area contributed by atoms with Gasteiger partial charge in [0.1, 0.15) is 5.70 Å². The van der Waals surface area contributed by atoms with Crippen molar-refractivity contribution in [3.63, 3.8) is 0 Å². The monoisotopic (exact) mass is 233 g/mol. The largest absolute Gasteiger partial charge is 0.372 e. The van der Waals surface area contributed by atoms with Crippen LogP contribution in [-0.4, -0.2) is 24.5 Å². The van der Waals surface area contributed by atoms with Crippen LogP contribution in [0.4, 0.5) is 0 Å². The van der Waals surface area contributed by atoms with Gasteiger partial charge >= 0.3 is 0 Å². The molecule has 0 atom stereocenters. The van der Waals surface area contributed by atoms with Gasteiger partial charge in [0.25, 0.3) is 5.91 Å². The molecule has 0 spiro atoms. The molecule has 2 aliphatic heterocycles. The Morgan fingerprint density at radius 3 is 2.71 bits per heavy atom. The Hall–Kier alpha value is -1.55. The number of nitrogens with one attached hydrogen (secondary N) is 2. The molecule has 1 amide bonds. The van der Waals surface area contributed by atoms with Crippen LogP contribution >= 0.6 is 0 Å². The molecule has 0 aromatic heterocycles. The van der Waals surface area contributed by atoms with E-state index in [1.807, 2.05) is 6.08 Å². The summed E-state index contributed by atoms with van der Waals surface area (Å²) in [6, 6.07) is 0. The van der Waals surface area contributed by atoms with E-state index in [1.54, 1.807) is 6.08 Å². The number of dihydropyridines is 1. The lowest BCUT2D eigenvalue weighted by Gasteiger charge is -2.35. The van der Waals surface area contributed by atoms with Crippen molar-refractivity contribution in [1.29, 1.82) is 0 Å². The van der Waals surface area contributed by atoms with E-state index in [-0.39, 0.29) is 5.54 Å². The Bertz CT molecular complexity index is 430. The summed E-state index contributed by atoms with van der Waals surface area (Å²) in [6.07, 6.45) is 7.01. The summed E-state index contributed by atoms with van der Waals surface area (Å²) >= 11 is 0. The van der Waals surface area contributed by atoms with Gasteiger partial charge in [-0.15, -0.1) is 0 Å². The highest BCUT2D eigenvalue weighted by molar-refractivity contribution is 5.92. The first-order chi connectivity index (χ1) is 8.00. The van der Waals surface area contributed by atoms with Crippen LogP contribution in [0.5, 0.6) is 0 Å². The van der Waals surface area contributed by atoms with E-state index in [1.165, 1.54) is 11.1 Å². The van der Waals surface area contributed by atoms with Gasteiger partial charge in [-0.25, -0.2) is 0 Å². The summed E-state index contributed by atoms with van der Waals surface area (Å²) in [6.45, 7) is 6.05. The average Bonchev–Trinajstić information content (AvgIpc) is 2.28. The van der Waals surface area contributed by atoms with Crippen LogP contribution in [0.15, 0.2) is 35.1 Å². The highest BCUT2D eigenvalue weighted by Crippen LogP contribution is 2.30. The predicted octanol–water partition coefficient (Wildman–Crippen LogP) is 0.583. The molecule has 0 fully saturated rings. The van der Waals surface area contributed by atoms with Crippen molar-refractivity contribution in [3.8, 4) is 0 Å². The second-order valence-corrected chi connectivity index (χ2v) is 4.96. The number of nitrogens with two attached hydrogens (primary N) is 1. The van der Waals surface area contributed by atoms with Crippen molar-refractivity contribution >= 4 is 5.91 Å². The number of hydrogen-bond donors (Lipinski definition) is 3. The second-order valence-electron chi connectivity index (χ2n) is 4.96. The molecule has 0 bridgehead atoms. The Morgan fingerprint density at radius 1 is 1.41 bits per heavy atom. The fraction of sp³-hybridized carbons (Fsp3) is 0.462. The maximum Gasteiger partial charge on any atom is 0.264 e. The predicted molar refractivity (Wildman–Crippen MR) is 68.1 cm³/mol. The lowest BCUT2D eigenvalue weighted by Crippen LogP contribution is -2.46. The number of carbonyl (C=O) groups is 1. The lowest BCUT2D eigenvalue weighted by molar-refractivity contribution is -0.115. The smallest absolute Gasteiger partial charge is 0.264 e. The zero-order valence-corrected chi connectivity index (χ0v) is 10.3. The molecule has 4 nitrogen and oxygen atoms in total. The number of primary amides is 1. The topological polar surface area (TPSA) is 67.1 Å². The molecule has 0 unspecified atom stereocenters. The summed E-state index contributed by atoms with van der Waals surface area (Å²) < 4.78 is 0. The van der Waals surface area contributed by atoms with Gasteiger partial charge in [-0.3, -0.25) is 4.79 Å². The van der Waals surface area contributed by atoms with Gasteiger partial charge in [-0.1, -0.05) is 12.2 Å². The van der Waals surface area contributed by atoms with Gasteiger partial charge in [-0.05, 0) is 44.0 Å². The van der Waals surface area contributed by atoms with Gasteiger partial charge in [0.15, 0.2) is 0 Å². The Balaban J connectivity index is 2.32. The molecule has 17 heavy (non-hydrogen) atoms. The zero-order valence-electron chi connectivity index (χ0n) is 10.3. The standard InChI is InChI=1S/C13H19N3O/c1-13(2)10(9-5-7-15-8-6-9)3-4-11(16-13)12(14)17/h3-5,15-16H,6-8H2,1-2H3,(H2,14,17). The Kier molecular flexibility index (Phi) is 3.07. The van der Waals surface area contributed by atoms with Crippen LogP contribution < -0.4 is 16.4 Å². The van der Waals surface area contributed by atoms with E-state index in [4.69, 9.17) is 5.73 Å². The normalized spacial score (nSPS) is 23.1. The SMILES string of the molecule is CC1(C)NC(C(N)=O)=CC=C1C1=CCNCC1. The number of hydrogen-bond acceptors (Lipinski definition) is 3. The van der Waals surface area contributed by atoms with E-state index in [0.29, 0.717) is 5.70 Å². The number of rotatable bonds is 2. The Morgan fingerprint density at radius 2 is 2.18 bits per heavy atom. The molecule has 0 radical (unpaired) electrons. The molecule has 0 aromatic carbocycles. The van der Waals surface area contributed by atoms with Crippen LogP contribution in [0.25, 0.3) is 0 Å². The minimum atomic E-state index is -0.410. The molecular formula is C13H19N3O. The zero-order chi connectivity index (χ0) is 12.5. The molecule has 0 saturated heterocycles. The Labute approximate surface area is 102 Å². The first-order valence-electron chi connectivity index (χ1n) is 5.91. The third kappa shape index (κ3) is 2.42. The minimum Gasteiger partial charge on any atom is -0.372 e. The second kappa shape index (κ2) is 4.37. The van der Waals surface area contributed by atoms with E-state index >= 15 is 0 Å². The first kappa shape index (κ1) is 11.9. The van der Waals surface area contributed by atoms with Crippen molar-refractivity contribution in [1.82, 2.24) is 10.6 Å². The fourth-order valence-electron chi connectivity index (χ4n) is 2.34. The van der Waals surface area contributed by atoms with Crippen molar-refractivity contribution in [2.75, 3.05) is 13.1 Å². The van der Waals surface area contributed by atoms with Crippen LogP contribution in [0.3, 0.4) is 0 Å². The molecule has 92 valence electrons. The van der Waals surface area contributed by atoms with Gasteiger partial charge in [0.2, 0.25) is 0 Å². The summed E-state index contributed by atoms with van der Waals surface area (Å²) in [5.74, 6) is -0.410. The number of allylic oxidation sites excluding steroid dienone is 2. The van der Waals surface area contributed by atoms with Crippen molar-refractivity contribution < 1.29 is 4.79 Å².